The molecule has 0 rings (SSSR count). The van der Waals surface area contributed by atoms with Gasteiger partial charge in [0.25, 0.3) is 0 Å². The van der Waals surface area contributed by atoms with Crippen molar-refractivity contribution in [2.45, 2.75) is 52.6 Å². The number of carbonyl (C=O) groups excluding carboxylic acids is 2. The number of nitrogens with zero attached hydrogens (tertiary/aromatic N) is 1. The molecule has 7 nitrogen and oxygen atoms in total. The second-order valence-electron chi connectivity index (χ2n) is 6.18. The molecule has 1 unspecified atom stereocenters. The van der Waals surface area contributed by atoms with E-state index >= 15 is 0 Å². The highest BCUT2D eigenvalue weighted by Gasteiger charge is 2.34. The number of nitrogens with one attached hydrogen (secondary N) is 1. The van der Waals surface area contributed by atoms with Crippen molar-refractivity contribution in [2.24, 2.45) is 11.7 Å². The molecule has 0 aromatic rings. The predicted molar refractivity (Wildman–Crippen MR) is 75.1 cm³/mol. The van der Waals surface area contributed by atoms with Crippen LogP contribution < -0.4 is 11.1 Å². The van der Waals surface area contributed by atoms with E-state index < -0.39 is 36.0 Å². The van der Waals surface area contributed by atoms with E-state index in [0.717, 1.165) is 0 Å². The molecule has 4 N–H and O–H groups in total. The average Bonchev–Trinajstić information content (AvgIpc) is 2.20. The fourth-order valence-electron chi connectivity index (χ4n) is 1.83. The van der Waals surface area contributed by atoms with Gasteiger partial charge in [-0.2, -0.15) is 0 Å². The first-order valence-electron chi connectivity index (χ1n) is 6.54. The van der Waals surface area contributed by atoms with Crippen LogP contribution >= 0.6 is 0 Å². The second kappa shape index (κ2) is 7.12. The van der Waals surface area contributed by atoms with Crippen molar-refractivity contribution in [1.29, 1.82) is 0 Å². The van der Waals surface area contributed by atoms with Gasteiger partial charge in [-0.25, -0.2) is 4.79 Å². The van der Waals surface area contributed by atoms with Gasteiger partial charge in [-0.05, 0) is 33.1 Å². The minimum absolute atomic E-state index is 0.155. The molecule has 0 radical (unpaired) electrons. The number of primary amides is 1. The molecule has 0 aliphatic rings. The maximum absolute atomic E-state index is 12.5. The van der Waals surface area contributed by atoms with Crippen LogP contribution in [-0.4, -0.2) is 46.0 Å². The van der Waals surface area contributed by atoms with Gasteiger partial charge >= 0.3 is 12.0 Å². The molecule has 0 bridgehead atoms. The zero-order valence-corrected chi connectivity index (χ0v) is 12.8. The molecule has 0 heterocycles. The van der Waals surface area contributed by atoms with E-state index in [4.69, 9.17) is 10.8 Å². The van der Waals surface area contributed by atoms with E-state index in [-0.39, 0.29) is 5.92 Å². The molecule has 0 aromatic carbocycles. The van der Waals surface area contributed by atoms with E-state index in [2.05, 4.69) is 5.32 Å². The van der Waals surface area contributed by atoms with Gasteiger partial charge in [0.1, 0.15) is 12.6 Å². The molecule has 20 heavy (non-hydrogen) atoms. The number of aliphatic carboxylic acids is 1. The first-order chi connectivity index (χ1) is 8.95. The van der Waals surface area contributed by atoms with Crippen LogP contribution in [0.5, 0.6) is 0 Å². The van der Waals surface area contributed by atoms with E-state index in [9.17, 15) is 14.4 Å². The van der Waals surface area contributed by atoms with Crippen molar-refractivity contribution >= 4 is 17.9 Å². The summed E-state index contributed by atoms with van der Waals surface area (Å²) in [5.41, 5.74) is 4.42. The summed E-state index contributed by atoms with van der Waals surface area (Å²) in [4.78, 5) is 35.7. The van der Waals surface area contributed by atoms with Crippen molar-refractivity contribution in [3.63, 3.8) is 0 Å². The summed E-state index contributed by atoms with van der Waals surface area (Å²) in [6, 6.07) is -1.61. The fourth-order valence-corrected chi connectivity index (χ4v) is 1.83. The Balaban J connectivity index is 5.23. The number of carboxylic acid groups (broad SMARTS) is 1. The van der Waals surface area contributed by atoms with Crippen LogP contribution in [0, 0.1) is 5.92 Å². The van der Waals surface area contributed by atoms with Gasteiger partial charge in [-0.15, -0.1) is 0 Å². The third kappa shape index (κ3) is 6.40. The zero-order chi connectivity index (χ0) is 16.1. The first-order valence-corrected chi connectivity index (χ1v) is 6.54. The Morgan fingerprint density at radius 3 is 2.05 bits per heavy atom. The Labute approximate surface area is 119 Å². The fraction of sp³-hybridized carbons (Fsp3) is 0.769. The molecule has 0 saturated heterocycles. The Kier molecular flexibility index (Phi) is 6.48. The Bertz CT molecular complexity index is 374. The number of amides is 3. The molecule has 0 saturated carbocycles. The van der Waals surface area contributed by atoms with Crippen molar-refractivity contribution in [1.82, 2.24) is 10.2 Å². The van der Waals surface area contributed by atoms with Crippen LogP contribution in [0.2, 0.25) is 0 Å². The number of carboxylic acids is 1. The van der Waals surface area contributed by atoms with Gasteiger partial charge in [0.15, 0.2) is 0 Å². The quantitative estimate of drug-likeness (QED) is 0.670. The molecule has 0 spiro atoms. The van der Waals surface area contributed by atoms with Crippen molar-refractivity contribution in [2.75, 3.05) is 6.54 Å². The minimum atomic E-state index is -1.10. The largest absolute Gasteiger partial charge is 0.480 e. The van der Waals surface area contributed by atoms with E-state index in [1.807, 2.05) is 13.8 Å². The maximum Gasteiger partial charge on any atom is 0.323 e. The lowest BCUT2D eigenvalue weighted by Gasteiger charge is -2.37. The average molecular weight is 287 g/mol. The molecule has 116 valence electrons. The Morgan fingerprint density at radius 1 is 1.25 bits per heavy atom. The third-order valence-corrected chi connectivity index (χ3v) is 2.69. The third-order valence-electron chi connectivity index (χ3n) is 2.69. The van der Waals surface area contributed by atoms with Crippen LogP contribution in [-0.2, 0) is 9.59 Å². The number of urea groups is 1. The summed E-state index contributed by atoms with van der Waals surface area (Å²) in [5.74, 6) is -1.38. The summed E-state index contributed by atoms with van der Waals surface area (Å²) in [5, 5.41) is 11.3. The lowest BCUT2D eigenvalue weighted by Crippen LogP contribution is -2.57. The van der Waals surface area contributed by atoms with Crippen molar-refractivity contribution in [3.8, 4) is 0 Å². The second-order valence-corrected chi connectivity index (χ2v) is 6.18. The Morgan fingerprint density at radius 2 is 1.75 bits per heavy atom. The summed E-state index contributed by atoms with van der Waals surface area (Å²) in [7, 11) is 0. The molecule has 7 heteroatoms. The smallest absolute Gasteiger partial charge is 0.323 e. The van der Waals surface area contributed by atoms with Gasteiger partial charge in [-0.1, -0.05) is 13.8 Å². The standard InChI is InChI=1S/C13H25N3O4/c1-8(2)6-9(15-12(14)20)11(19)16(7-10(17)18)13(3,4)5/h8-9H,6-7H2,1-5H3,(H,17,18)(H3,14,15,20). The molecule has 1 atom stereocenters. The monoisotopic (exact) mass is 287 g/mol. The molecule has 0 fully saturated rings. The summed E-state index contributed by atoms with van der Waals surface area (Å²) in [6.45, 7) is 8.61. The van der Waals surface area contributed by atoms with Gasteiger partial charge < -0.3 is 21.1 Å². The van der Waals surface area contributed by atoms with Crippen molar-refractivity contribution in [3.05, 3.63) is 0 Å². The molecular formula is C13H25N3O4. The Hall–Kier alpha value is -1.79. The molecule has 3 amide bonds. The topological polar surface area (TPSA) is 113 Å². The number of carbonyl (C=O) groups is 3. The van der Waals surface area contributed by atoms with Crippen LogP contribution in [0.15, 0.2) is 0 Å². The van der Waals surface area contributed by atoms with Gasteiger partial charge in [0.2, 0.25) is 5.91 Å². The van der Waals surface area contributed by atoms with Gasteiger partial charge in [0.05, 0.1) is 0 Å². The van der Waals surface area contributed by atoms with E-state index in [0.29, 0.717) is 6.42 Å². The lowest BCUT2D eigenvalue weighted by atomic mass is 9.99. The van der Waals surface area contributed by atoms with Crippen LogP contribution in [0.4, 0.5) is 4.79 Å². The highest BCUT2D eigenvalue weighted by atomic mass is 16.4. The summed E-state index contributed by atoms with van der Waals surface area (Å²) in [6.07, 6.45) is 0.397. The number of hydrogen-bond acceptors (Lipinski definition) is 3. The normalized spacial score (nSPS) is 12.9. The number of rotatable bonds is 6. The van der Waals surface area contributed by atoms with Gasteiger partial charge in [-0.3, -0.25) is 9.59 Å². The zero-order valence-electron chi connectivity index (χ0n) is 12.8. The molecular weight excluding hydrogens is 262 g/mol. The highest BCUT2D eigenvalue weighted by Crippen LogP contribution is 2.17. The van der Waals surface area contributed by atoms with Crippen LogP contribution in [0.3, 0.4) is 0 Å². The number of nitrogens with two attached hydrogens (primary N) is 1. The van der Waals surface area contributed by atoms with Crippen molar-refractivity contribution < 1.29 is 19.5 Å². The summed E-state index contributed by atoms with van der Waals surface area (Å²) >= 11 is 0. The first kappa shape index (κ1) is 18.2. The lowest BCUT2D eigenvalue weighted by molar-refractivity contribution is -0.149. The molecule has 0 aliphatic heterocycles. The maximum atomic E-state index is 12.5. The van der Waals surface area contributed by atoms with E-state index in [1.165, 1.54) is 4.90 Å². The number of hydrogen-bond donors (Lipinski definition) is 3. The highest BCUT2D eigenvalue weighted by molar-refractivity contribution is 5.89. The molecule has 0 aliphatic carbocycles. The minimum Gasteiger partial charge on any atom is -0.480 e. The predicted octanol–water partition coefficient (Wildman–Crippen LogP) is 0.781. The van der Waals surface area contributed by atoms with E-state index in [1.54, 1.807) is 20.8 Å². The molecule has 0 aromatic heterocycles. The SMILES string of the molecule is CC(C)CC(NC(N)=O)C(=O)N(CC(=O)O)C(C)(C)C. The van der Waals surface area contributed by atoms with Crippen LogP contribution in [0.25, 0.3) is 0 Å². The van der Waals surface area contributed by atoms with Gasteiger partial charge in [0, 0.05) is 5.54 Å². The van der Waals surface area contributed by atoms with Crippen LogP contribution in [0.1, 0.15) is 41.0 Å². The summed E-state index contributed by atoms with van der Waals surface area (Å²) < 4.78 is 0.